The Bertz CT molecular complexity index is 104. The fourth-order valence-corrected chi connectivity index (χ4v) is 1.59. The Morgan fingerprint density at radius 1 is 1.44 bits per heavy atom. The Kier molecular flexibility index (Phi) is 1.90. The van der Waals surface area contributed by atoms with Crippen molar-refractivity contribution in [3.8, 4) is 0 Å². The third-order valence-electron chi connectivity index (χ3n) is 1.62. The predicted octanol–water partition coefficient (Wildman–Crippen LogP) is 0.131. The lowest BCUT2D eigenvalue weighted by molar-refractivity contribution is -0.335. The minimum absolute atomic E-state index is 0.165. The van der Waals surface area contributed by atoms with Gasteiger partial charge in [0.1, 0.15) is 5.60 Å². The van der Waals surface area contributed by atoms with Gasteiger partial charge in [0.25, 0.3) is 0 Å². The topological polar surface area (TPSA) is 27.7 Å². The zero-order valence-corrected chi connectivity index (χ0v) is 7.42. The summed E-state index contributed by atoms with van der Waals surface area (Å²) < 4.78 is 10.1. The van der Waals surface area contributed by atoms with E-state index in [0.29, 0.717) is 0 Å². The largest absolute Gasteiger partial charge is 0.391 e. The molecule has 3 nitrogen and oxygen atoms in total. The van der Waals surface area contributed by atoms with Gasteiger partial charge in [-0.25, -0.2) is 4.89 Å². The van der Waals surface area contributed by atoms with E-state index >= 15 is 0 Å². The van der Waals surface area contributed by atoms with E-state index in [9.17, 15) is 0 Å². The molecule has 1 heterocycles. The maximum atomic E-state index is 5.28. The second-order valence-electron chi connectivity index (χ2n) is 2.73. The maximum absolute atomic E-state index is 5.28. The van der Waals surface area contributed by atoms with E-state index in [2.05, 4.69) is 0 Å². The van der Waals surface area contributed by atoms with Crippen molar-refractivity contribution in [1.29, 1.82) is 0 Å². The lowest BCUT2D eigenvalue weighted by atomic mass is 10.0. The second-order valence-corrected chi connectivity index (χ2v) is 3.54. The number of rotatable bonds is 0. The summed E-state index contributed by atoms with van der Waals surface area (Å²) in [6.07, 6.45) is 0.165. The molecule has 0 aliphatic carbocycles. The van der Waals surface area contributed by atoms with Gasteiger partial charge in [-0.15, -0.1) is 0 Å². The van der Waals surface area contributed by atoms with E-state index in [1.165, 1.54) is 0 Å². The van der Waals surface area contributed by atoms with Gasteiger partial charge in [0, 0.05) is 0 Å². The lowest BCUT2D eigenvalue weighted by Gasteiger charge is -2.34. The summed E-state index contributed by atoms with van der Waals surface area (Å²) in [5, 5.41) is 0. The molecule has 1 saturated heterocycles. The molecule has 0 aromatic heterocycles. The van der Waals surface area contributed by atoms with Crippen LogP contribution in [-0.4, -0.2) is 21.7 Å². The summed E-state index contributed by atoms with van der Waals surface area (Å²) in [6.45, 7) is 5.89. The molecule has 0 radical (unpaired) electrons. The van der Waals surface area contributed by atoms with Crippen molar-refractivity contribution < 1.29 is 13.9 Å². The molecule has 0 bridgehead atoms. The minimum Gasteiger partial charge on any atom is -0.391 e. The molecule has 4 heteroatoms. The molecule has 1 fully saturated rings. The van der Waals surface area contributed by atoms with Gasteiger partial charge in [-0.05, 0) is 20.8 Å². The normalized spacial score (nSPS) is 37.0. The first-order valence-corrected chi connectivity index (χ1v) is 4.20. The van der Waals surface area contributed by atoms with Crippen LogP contribution in [0, 0.1) is 0 Å². The SMILES string of the molecule is CC1O[SiH2]OOC1(C)C. The molecule has 1 unspecified atom stereocenters. The van der Waals surface area contributed by atoms with Gasteiger partial charge in [-0.3, -0.25) is 4.58 Å². The first-order valence-electron chi connectivity index (χ1n) is 3.05. The predicted molar refractivity (Wildman–Crippen MR) is 35.3 cm³/mol. The van der Waals surface area contributed by atoms with Crippen LogP contribution >= 0.6 is 0 Å². The van der Waals surface area contributed by atoms with E-state index in [0.717, 1.165) is 0 Å². The summed E-state index contributed by atoms with van der Waals surface area (Å²) in [5.74, 6) is 0. The van der Waals surface area contributed by atoms with E-state index < -0.39 is 10.0 Å². The first kappa shape index (κ1) is 7.21. The Morgan fingerprint density at radius 3 is 2.44 bits per heavy atom. The van der Waals surface area contributed by atoms with E-state index in [1.807, 2.05) is 20.8 Å². The standard InChI is InChI=1S/C5H12O3Si/c1-4-5(2,3)7-8-9-6-4/h4H,9H2,1-3H3. The van der Waals surface area contributed by atoms with E-state index in [4.69, 9.17) is 13.9 Å². The van der Waals surface area contributed by atoms with Gasteiger partial charge in [0.2, 0.25) is 0 Å². The molecule has 54 valence electrons. The van der Waals surface area contributed by atoms with Gasteiger partial charge < -0.3 is 4.43 Å². The van der Waals surface area contributed by atoms with Crippen LogP contribution in [0.5, 0.6) is 0 Å². The summed E-state index contributed by atoms with van der Waals surface area (Å²) in [7, 11) is -0.830. The van der Waals surface area contributed by atoms with Crippen LogP contribution in [0.25, 0.3) is 0 Å². The lowest BCUT2D eigenvalue weighted by Crippen LogP contribution is -2.44. The molecule has 1 rings (SSSR count). The minimum atomic E-state index is -0.830. The van der Waals surface area contributed by atoms with Gasteiger partial charge in [0.05, 0.1) is 6.10 Å². The molecular weight excluding hydrogens is 136 g/mol. The third kappa shape index (κ3) is 1.51. The average Bonchev–Trinajstić information content (AvgIpc) is 1.77. The fourth-order valence-electron chi connectivity index (χ4n) is 0.574. The van der Waals surface area contributed by atoms with Crippen LogP contribution in [0.3, 0.4) is 0 Å². The van der Waals surface area contributed by atoms with Crippen LogP contribution in [0.1, 0.15) is 20.8 Å². The van der Waals surface area contributed by atoms with E-state index in [1.54, 1.807) is 0 Å². The molecule has 0 N–H and O–H groups in total. The van der Waals surface area contributed by atoms with Crippen LogP contribution in [-0.2, 0) is 13.9 Å². The van der Waals surface area contributed by atoms with Crippen molar-refractivity contribution in [2.75, 3.05) is 0 Å². The summed E-state index contributed by atoms with van der Waals surface area (Å²) in [4.78, 5) is 5.01. The Morgan fingerprint density at radius 2 is 2.11 bits per heavy atom. The van der Waals surface area contributed by atoms with Gasteiger partial charge >= 0.3 is 10.0 Å². The highest BCUT2D eigenvalue weighted by molar-refractivity contribution is 6.17. The van der Waals surface area contributed by atoms with E-state index in [-0.39, 0.29) is 11.7 Å². The zero-order valence-electron chi connectivity index (χ0n) is 6.01. The highest BCUT2D eigenvalue weighted by Gasteiger charge is 2.32. The molecule has 1 atom stereocenters. The summed E-state index contributed by atoms with van der Waals surface area (Å²) in [6, 6.07) is 0. The monoisotopic (exact) mass is 148 g/mol. The molecule has 1 aliphatic rings. The Hall–Kier alpha value is 0.0969. The van der Waals surface area contributed by atoms with Crippen molar-refractivity contribution in [3.05, 3.63) is 0 Å². The third-order valence-corrected chi connectivity index (χ3v) is 2.47. The number of hydrogen-bond donors (Lipinski definition) is 0. The average molecular weight is 148 g/mol. The van der Waals surface area contributed by atoms with Gasteiger partial charge in [-0.2, -0.15) is 0 Å². The van der Waals surface area contributed by atoms with Gasteiger partial charge in [-0.1, -0.05) is 0 Å². The molecular formula is C5H12O3Si. The Balaban J connectivity index is 2.49. The highest BCUT2D eigenvalue weighted by Crippen LogP contribution is 2.20. The van der Waals surface area contributed by atoms with Crippen LogP contribution < -0.4 is 0 Å². The molecule has 0 aromatic carbocycles. The molecule has 0 saturated carbocycles. The number of hydrogen-bond acceptors (Lipinski definition) is 3. The summed E-state index contributed by atoms with van der Waals surface area (Å²) in [5.41, 5.74) is -0.273. The van der Waals surface area contributed by atoms with Gasteiger partial charge in [0.15, 0.2) is 0 Å². The van der Waals surface area contributed by atoms with Crippen LogP contribution in [0.15, 0.2) is 0 Å². The van der Waals surface area contributed by atoms with Crippen LogP contribution in [0.4, 0.5) is 0 Å². The van der Waals surface area contributed by atoms with Crippen molar-refractivity contribution in [2.45, 2.75) is 32.5 Å². The first-order chi connectivity index (χ1) is 4.13. The molecule has 0 aromatic rings. The molecule has 0 amide bonds. The van der Waals surface area contributed by atoms with Crippen molar-refractivity contribution in [3.63, 3.8) is 0 Å². The molecule has 1 aliphatic heterocycles. The Labute approximate surface area is 57.3 Å². The quantitative estimate of drug-likeness (QED) is 0.361. The van der Waals surface area contributed by atoms with Crippen molar-refractivity contribution >= 4 is 10.0 Å². The summed E-state index contributed by atoms with van der Waals surface area (Å²) >= 11 is 0. The zero-order chi connectivity index (χ0) is 6.91. The highest BCUT2D eigenvalue weighted by atomic mass is 28.3. The molecule has 0 spiro atoms. The van der Waals surface area contributed by atoms with Crippen LogP contribution in [0.2, 0.25) is 0 Å². The maximum Gasteiger partial charge on any atom is 0.345 e. The molecule has 9 heavy (non-hydrogen) atoms. The smallest absolute Gasteiger partial charge is 0.345 e. The van der Waals surface area contributed by atoms with Crippen molar-refractivity contribution in [1.82, 2.24) is 0 Å². The fraction of sp³-hybridized carbons (Fsp3) is 1.00. The van der Waals surface area contributed by atoms with Crippen molar-refractivity contribution in [2.24, 2.45) is 0 Å². The second kappa shape index (κ2) is 2.38.